The Bertz CT molecular complexity index is 721. The van der Waals surface area contributed by atoms with Crippen molar-refractivity contribution in [1.82, 2.24) is 9.97 Å². The number of anilines is 1. The predicted molar refractivity (Wildman–Crippen MR) is 79.7 cm³/mol. The summed E-state index contributed by atoms with van der Waals surface area (Å²) in [5.74, 6) is 1.84. The van der Waals surface area contributed by atoms with Crippen molar-refractivity contribution in [3.05, 3.63) is 60.1 Å². The van der Waals surface area contributed by atoms with E-state index in [0.717, 1.165) is 17.0 Å². The zero-order chi connectivity index (χ0) is 14.7. The first-order valence-corrected chi connectivity index (χ1v) is 6.58. The lowest BCUT2D eigenvalue weighted by molar-refractivity contribution is 0.287. The summed E-state index contributed by atoms with van der Waals surface area (Å²) in [7, 11) is 0. The number of nitrogens with zero attached hydrogens (tertiary/aromatic N) is 2. The molecule has 0 atom stereocenters. The number of nitrogens with two attached hydrogens (primary N) is 1. The Labute approximate surface area is 122 Å². The van der Waals surface area contributed by atoms with Crippen LogP contribution in [0, 0.1) is 6.92 Å². The Balaban J connectivity index is 1.74. The Morgan fingerprint density at radius 1 is 1.14 bits per heavy atom. The van der Waals surface area contributed by atoms with Crippen LogP contribution < -0.4 is 10.5 Å². The Morgan fingerprint density at radius 3 is 2.67 bits per heavy atom. The highest BCUT2D eigenvalue weighted by Gasteiger charge is 2.11. The van der Waals surface area contributed by atoms with Gasteiger partial charge in [-0.25, -0.2) is 9.97 Å². The van der Waals surface area contributed by atoms with Crippen LogP contribution in [-0.2, 0) is 6.61 Å². The van der Waals surface area contributed by atoms with Gasteiger partial charge in [0.25, 0.3) is 0 Å². The third-order valence-electron chi connectivity index (χ3n) is 3.03. The number of benzene rings is 1. The van der Waals surface area contributed by atoms with E-state index in [1.165, 1.54) is 0 Å². The number of oxazole rings is 1. The molecule has 21 heavy (non-hydrogen) atoms. The molecule has 0 radical (unpaired) electrons. The molecule has 0 aliphatic heterocycles. The number of aromatic nitrogens is 2. The highest BCUT2D eigenvalue weighted by molar-refractivity contribution is 5.53. The SMILES string of the molecule is Cc1oc(-c2ccccc2)nc1COc1ccc(N)cn1. The smallest absolute Gasteiger partial charge is 0.226 e. The van der Waals surface area contributed by atoms with Crippen molar-refractivity contribution in [2.45, 2.75) is 13.5 Å². The molecule has 0 spiro atoms. The normalized spacial score (nSPS) is 10.5. The van der Waals surface area contributed by atoms with Crippen LogP contribution in [0.5, 0.6) is 5.88 Å². The van der Waals surface area contributed by atoms with Crippen molar-refractivity contribution in [2.24, 2.45) is 0 Å². The minimum atomic E-state index is 0.305. The first-order valence-electron chi connectivity index (χ1n) is 6.58. The van der Waals surface area contributed by atoms with Crippen molar-refractivity contribution in [2.75, 3.05) is 5.73 Å². The van der Waals surface area contributed by atoms with Crippen LogP contribution in [0.4, 0.5) is 5.69 Å². The van der Waals surface area contributed by atoms with Gasteiger partial charge in [-0.05, 0) is 25.1 Å². The van der Waals surface area contributed by atoms with Gasteiger partial charge < -0.3 is 14.9 Å². The molecule has 0 saturated heterocycles. The van der Waals surface area contributed by atoms with Crippen LogP contribution in [0.25, 0.3) is 11.5 Å². The average Bonchev–Trinajstić information content (AvgIpc) is 2.89. The Kier molecular flexibility index (Phi) is 3.55. The molecular formula is C16H15N3O2. The van der Waals surface area contributed by atoms with Crippen LogP contribution in [0.15, 0.2) is 53.1 Å². The van der Waals surface area contributed by atoms with E-state index < -0.39 is 0 Å². The van der Waals surface area contributed by atoms with E-state index in [1.807, 2.05) is 37.3 Å². The molecule has 5 nitrogen and oxygen atoms in total. The van der Waals surface area contributed by atoms with Gasteiger partial charge in [0, 0.05) is 11.6 Å². The molecule has 3 aromatic rings. The molecule has 0 aliphatic rings. The quantitative estimate of drug-likeness (QED) is 0.794. The molecule has 3 rings (SSSR count). The van der Waals surface area contributed by atoms with Crippen LogP contribution >= 0.6 is 0 Å². The van der Waals surface area contributed by atoms with Gasteiger partial charge in [-0.2, -0.15) is 0 Å². The summed E-state index contributed by atoms with van der Waals surface area (Å²) in [4.78, 5) is 8.55. The molecule has 0 fully saturated rings. The molecule has 106 valence electrons. The number of rotatable bonds is 4. The van der Waals surface area contributed by atoms with E-state index in [-0.39, 0.29) is 0 Å². The largest absolute Gasteiger partial charge is 0.471 e. The second-order valence-electron chi connectivity index (χ2n) is 4.61. The van der Waals surface area contributed by atoms with Gasteiger partial charge in [0.15, 0.2) is 0 Å². The fraction of sp³-hybridized carbons (Fsp3) is 0.125. The summed E-state index contributed by atoms with van der Waals surface area (Å²) in [6.07, 6.45) is 1.56. The standard InChI is InChI=1S/C16H15N3O2/c1-11-14(10-20-15-8-7-13(17)9-18-15)19-16(21-11)12-5-3-2-4-6-12/h2-9H,10,17H2,1H3. The van der Waals surface area contributed by atoms with Crippen molar-refractivity contribution in [3.8, 4) is 17.3 Å². The fourth-order valence-electron chi connectivity index (χ4n) is 1.89. The predicted octanol–water partition coefficient (Wildman–Crippen LogP) is 3.21. The molecule has 5 heteroatoms. The summed E-state index contributed by atoms with van der Waals surface area (Å²) in [6.45, 7) is 2.17. The van der Waals surface area contributed by atoms with Crippen LogP contribution in [0.1, 0.15) is 11.5 Å². The molecule has 0 unspecified atom stereocenters. The van der Waals surface area contributed by atoms with Crippen molar-refractivity contribution in [3.63, 3.8) is 0 Å². The molecule has 2 N–H and O–H groups in total. The minimum Gasteiger partial charge on any atom is -0.471 e. The van der Waals surface area contributed by atoms with Crippen LogP contribution in [0.2, 0.25) is 0 Å². The van der Waals surface area contributed by atoms with Gasteiger partial charge >= 0.3 is 0 Å². The maximum Gasteiger partial charge on any atom is 0.226 e. The molecule has 1 aromatic carbocycles. The number of hydrogen-bond donors (Lipinski definition) is 1. The van der Waals surface area contributed by atoms with E-state index >= 15 is 0 Å². The highest BCUT2D eigenvalue weighted by atomic mass is 16.5. The zero-order valence-electron chi connectivity index (χ0n) is 11.6. The van der Waals surface area contributed by atoms with E-state index in [2.05, 4.69) is 9.97 Å². The van der Waals surface area contributed by atoms with Crippen molar-refractivity contribution >= 4 is 5.69 Å². The molecule has 0 amide bonds. The first kappa shape index (κ1) is 13.2. The van der Waals surface area contributed by atoms with Crippen molar-refractivity contribution < 1.29 is 9.15 Å². The average molecular weight is 281 g/mol. The van der Waals surface area contributed by atoms with E-state index in [0.29, 0.717) is 24.1 Å². The van der Waals surface area contributed by atoms with Crippen LogP contribution in [0.3, 0.4) is 0 Å². The second-order valence-corrected chi connectivity index (χ2v) is 4.61. The van der Waals surface area contributed by atoms with Gasteiger partial charge in [0.1, 0.15) is 18.1 Å². The third kappa shape index (κ3) is 3.02. The summed E-state index contributed by atoms with van der Waals surface area (Å²) in [6, 6.07) is 13.2. The van der Waals surface area contributed by atoms with Gasteiger partial charge in [-0.1, -0.05) is 18.2 Å². The molecule has 0 aliphatic carbocycles. The molecular weight excluding hydrogens is 266 g/mol. The van der Waals surface area contributed by atoms with Crippen molar-refractivity contribution in [1.29, 1.82) is 0 Å². The fourth-order valence-corrected chi connectivity index (χ4v) is 1.89. The first-order chi connectivity index (χ1) is 10.2. The number of ether oxygens (including phenoxy) is 1. The van der Waals surface area contributed by atoms with Gasteiger partial charge in [-0.15, -0.1) is 0 Å². The summed E-state index contributed by atoms with van der Waals surface area (Å²) >= 11 is 0. The number of pyridine rings is 1. The zero-order valence-corrected chi connectivity index (χ0v) is 11.6. The number of nitrogen functional groups attached to an aromatic ring is 1. The summed E-state index contributed by atoms with van der Waals surface area (Å²) in [5, 5.41) is 0. The van der Waals surface area contributed by atoms with Gasteiger partial charge in [0.2, 0.25) is 11.8 Å². The summed E-state index contributed by atoms with van der Waals surface area (Å²) in [5.41, 5.74) is 7.88. The number of hydrogen-bond acceptors (Lipinski definition) is 5. The Morgan fingerprint density at radius 2 is 1.95 bits per heavy atom. The van der Waals surface area contributed by atoms with Crippen LogP contribution in [-0.4, -0.2) is 9.97 Å². The minimum absolute atomic E-state index is 0.305. The number of aryl methyl sites for hydroxylation is 1. The lowest BCUT2D eigenvalue weighted by Gasteiger charge is -2.03. The van der Waals surface area contributed by atoms with Gasteiger partial charge in [-0.3, -0.25) is 0 Å². The van der Waals surface area contributed by atoms with E-state index in [9.17, 15) is 0 Å². The maximum atomic E-state index is 5.68. The highest BCUT2D eigenvalue weighted by Crippen LogP contribution is 2.22. The third-order valence-corrected chi connectivity index (χ3v) is 3.03. The topological polar surface area (TPSA) is 74.2 Å². The Hall–Kier alpha value is -2.82. The maximum absolute atomic E-state index is 5.68. The van der Waals surface area contributed by atoms with Gasteiger partial charge in [0.05, 0.1) is 11.9 Å². The lowest BCUT2D eigenvalue weighted by Crippen LogP contribution is -1.99. The monoisotopic (exact) mass is 281 g/mol. The molecule has 2 aromatic heterocycles. The lowest BCUT2D eigenvalue weighted by atomic mass is 10.2. The summed E-state index contributed by atoms with van der Waals surface area (Å²) < 4.78 is 11.3. The van der Waals surface area contributed by atoms with E-state index in [1.54, 1.807) is 18.3 Å². The second kappa shape index (κ2) is 5.66. The molecule has 0 saturated carbocycles. The molecule has 0 bridgehead atoms. The molecule has 2 heterocycles. The van der Waals surface area contributed by atoms with E-state index in [4.69, 9.17) is 14.9 Å².